The summed E-state index contributed by atoms with van der Waals surface area (Å²) in [5.74, 6) is 0.582. The quantitative estimate of drug-likeness (QED) is 0.772. The lowest BCUT2D eigenvalue weighted by molar-refractivity contribution is 0.242. The maximum atomic E-state index is 6.22. The molecule has 0 radical (unpaired) electrons. The summed E-state index contributed by atoms with van der Waals surface area (Å²) in [4.78, 5) is 5.00. The maximum Gasteiger partial charge on any atom is 0.183 e. The highest BCUT2D eigenvalue weighted by molar-refractivity contribution is 7.15. The third-order valence-corrected chi connectivity index (χ3v) is 4.09. The summed E-state index contributed by atoms with van der Waals surface area (Å²) in [5, 5.41) is 4.28. The minimum atomic E-state index is 0.0433. The fourth-order valence-electron chi connectivity index (χ4n) is 1.56. The lowest BCUT2D eigenvalue weighted by atomic mass is 10.3. The second kappa shape index (κ2) is 6.85. The van der Waals surface area contributed by atoms with Crippen molar-refractivity contribution in [3.8, 4) is 5.75 Å². The van der Waals surface area contributed by atoms with Gasteiger partial charge in [-0.2, -0.15) is 0 Å². The van der Waals surface area contributed by atoms with Crippen LogP contribution in [0.1, 0.15) is 18.7 Å². The Bertz CT molecular complexity index is 601. The van der Waals surface area contributed by atoms with E-state index in [2.05, 4.69) is 10.3 Å². The van der Waals surface area contributed by atoms with Crippen molar-refractivity contribution >= 4 is 51.8 Å². The zero-order chi connectivity index (χ0) is 14.7. The number of anilines is 1. The molecule has 2 aromatic rings. The van der Waals surface area contributed by atoms with Crippen LogP contribution < -0.4 is 10.1 Å². The fourth-order valence-corrected chi connectivity index (χ4v) is 2.90. The second-order valence-corrected chi connectivity index (χ2v) is 6.87. The molecule has 0 saturated heterocycles. The van der Waals surface area contributed by atoms with Crippen molar-refractivity contribution in [3.63, 3.8) is 0 Å². The van der Waals surface area contributed by atoms with Crippen molar-refractivity contribution < 1.29 is 4.74 Å². The first-order chi connectivity index (χ1) is 9.45. The Labute approximate surface area is 136 Å². The molecule has 0 fully saturated rings. The first kappa shape index (κ1) is 15.7. The lowest BCUT2D eigenvalue weighted by Gasteiger charge is -2.14. The van der Waals surface area contributed by atoms with E-state index in [0.29, 0.717) is 26.8 Å². The molecule has 0 amide bonds. The summed E-state index contributed by atoms with van der Waals surface area (Å²) in [5.41, 5.74) is 0.747. The summed E-state index contributed by atoms with van der Waals surface area (Å²) in [7, 11) is 0. The number of thiazole rings is 1. The van der Waals surface area contributed by atoms with Gasteiger partial charge in [-0.05, 0) is 19.9 Å². The average molecular weight is 352 g/mol. The molecule has 0 unspecified atom stereocenters. The molecule has 0 atom stereocenters. The van der Waals surface area contributed by atoms with Crippen LogP contribution in [0, 0.1) is 0 Å². The first-order valence-corrected chi connectivity index (χ1v) is 7.90. The number of nitrogens with one attached hydrogen (secondary N) is 1. The number of hydrogen-bond donors (Lipinski definition) is 1. The van der Waals surface area contributed by atoms with E-state index < -0.39 is 0 Å². The van der Waals surface area contributed by atoms with Gasteiger partial charge >= 0.3 is 0 Å². The van der Waals surface area contributed by atoms with Gasteiger partial charge in [-0.1, -0.05) is 34.8 Å². The number of ether oxygens (including phenoxy) is 1. The van der Waals surface area contributed by atoms with E-state index in [-0.39, 0.29) is 6.10 Å². The Morgan fingerprint density at radius 2 is 2.00 bits per heavy atom. The summed E-state index contributed by atoms with van der Waals surface area (Å²) in [6, 6.07) is 3.47. The topological polar surface area (TPSA) is 34.1 Å². The normalized spacial score (nSPS) is 10.9. The highest BCUT2D eigenvalue weighted by Crippen LogP contribution is 2.35. The Balaban J connectivity index is 2.10. The molecule has 0 aliphatic rings. The van der Waals surface area contributed by atoms with Crippen LogP contribution in [0.5, 0.6) is 5.75 Å². The number of aromatic nitrogens is 1. The third-order valence-electron chi connectivity index (χ3n) is 2.36. The van der Waals surface area contributed by atoms with Gasteiger partial charge in [0.25, 0.3) is 0 Å². The van der Waals surface area contributed by atoms with Gasteiger partial charge in [0.2, 0.25) is 0 Å². The Morgan fingerprint density at radius 1 is 1.25 bits per heavy atom. The van der Waals surface area contributed by atoms with E-state index >= 15 is 0 Å². The van der Waals surface area contributed by atoms with Gasteiger partial charge in [0.15, 0.2) is 4.47 Å². The van der Waals surface area contributed by atoms with E-state index in [0.717, 1.165) is 10.6 Å². The highest BCUT2D eigenvalue weighted by Gasteiger charge is 2.10. The molecular weight excluding hydrogens is 339 g/mol. The second-order valence-electron chi connectivity index (χ2n) is 4.36. The summed E-state index contributed by atoms with van der Waals surface area (Å²) >= 11 is 19.6. The molecule has 108 valence electrons. The minimum Gasteiger partial charge on any atom is -0.489 e. The Morgan fingerprint density at radius 3 is 2.60 bits per heavy atom. The zero-order valence-electron chi connectivity index (χ0n) is 10.9. The molecule has 3 nitrogen and oxygen atoms in total. The fraction of sp³-hybridized carbons (Fsp3) is 0.308. The van der Waals surface area contributed by atoms with E-state index in [1.165, 1.54) is 11.3 Å². The zero-order valence-corrected chi connectivity index (χ0v) is 14.0. The van der Waals surface area contributed by atoms with Crippen molar-refractivity contribution in [2.24, 2.45) is 0 Å². The molecule has 2 rings (SSSR count). The molecule has 1 N–H and O–H groups in total. The SMILES string of the molecule is CC(C)Oc1cc(Cl)c(NCc2cnc(Cl)s2)cc1Cl. The molecule has 1 aromatic heterocycles. The van der Waals surface area contributed by atoms with Gasteiger partial charge < -0.3 is 10.1 Å². The van der Waals surface area contributed by atoms with Crippen molar-refractivity contribution in [2.45, 2.75) is 26.5 Å². The average Bonchev–Trinajstić information content (AvgIpc) is 2.77. The molecule has 7 heteroatoms. The van der Waals surface area contributed by atoms with E-state index in [4.69, 9.17) is 39.5 Å². The van der Waals surface area contributed by atoms with E-state index in [1.807, 2.05) is 13.8 Å². The van der Waals surface area contributed by atoms with Gasteiger partial charge in [-0.25, -0.2) is 4.98 Å². The molecule has 0 aliphatic heterocycles. The standard InChI is InChI=1S/C13H13Cl3N2OS/c1-7(2)19-12-4-9(14)11(3-10(12)15)17-5-8-6-18-13(16)20-8/h3-4,6-7,17H,5H2,1-2H3. The van der Waals surface area contributed by atoms with Crippen molar-refractivity contribution in [3.05, 3.63) is 37.7 Å². The molecule has 0 spiro atoms. The van der Waals surface area contributed by atoms with Crippen molar-refractivity contribution in [1.82, 2.24) is 4.98 Å². The Kier molecular flexibility index (Phi) is 5.38. The van der Waals surface area contributed by atoms with E-state index in [9.17, 15) is 0 Å². The van der Waals surface area contributed by atoms with Crippen LogP contribution in [-0.2, 0) is 6.54 Å². The molecule has 0 bridgehead atoms. The van der Waals surface area contributed by atoms with Crippen LogP contribution in [0.4, 0.5) is 5.69 Å². The molecule has 1 aromatic carbocycles. The lowest BCUT2D eigenvalue weighted by Crippen LogP contribution is -2.06. The molecular formula is C13H13Cl3N2OS. The monoisotopic (exact) mass is 350 g/mol. The number of rotatable bonds is 5. The molecule has 1 heterocycles. The van der Waals surface area contributed by atoms with Crippen LogP contribution >= 0.6 is 46.1 Å². The molecule has 0 saturated carbocycles. The first-order valence-electron chi connectivity index (χ1n) is 5.95. The largest absolute Gasteiger partial charge is 0.489 e. The number of nitrogens with zero attached hydrogens (tertiary/aromatic N) is 1. The van der Waals surface area contributed by atoms with E-state index in [1.54, 1.807) is 18.3 Å². The highest BCUT2D eigenvalue weighted by atomic mass is 35.5. The predicted octanol–water partition coefficient (Wildman–Crippen LogP) is 5.50. The summed E-state index contributed by atoms with van der Waals surface area (Å²) in [6.07, 6.45) is 1.77. The van der Waals surface area contributed by atoms with Crippen LogP contribution in [0.15, 0.2) is 18.3 Å². The smallest absolute Gasteiger partial charge is 0.183 e. The number of benzene rings is 1. The third kappa shape index (κ3) is 4.16. The maximum absolute atomic E-state index is 6.22. The van der Waals surface area contributed by atoms with Crippen molar-refractivity contribution in [2.75, 3.05) is 5.32 Å². The van der Waals surface area contributed by atoms with Gasteiger partial charge in [0, 0.05) is 17.1 Å². The Hall–Kier alpha value is -0.680. The van der Waals surface area contributed by atoms with Gasteiger partial charge in [-0.3, -0.25) is 0 Å². The predicted molar refractivity (Wildman–Crippen MR) is 86.7 cm³/mol. The molecule has 0 aliphatic carbocycles. The van der Waals surface area contributed by atoms with Crippen molar-refractivity contribution in [1.29, 1.82) is 0 Å². The number of hydrogen-bond acceptors (Lipinski definition) is 4. The molecule has 20 heavy (non-hydrogen) atoms. The van der Waals surface area contributed by atoms with Gasteiger partial charge in [0.05, 0.1) is 28.4 Å². The summed E-state index contributed by atoms with van der Waals surface area (Å²) < 4.78 is 6.10. The van der Waals surface area contributed by atoms with Crippen LogP contribution in [0.2, 0.25) is 14.5 Å². The van der Waals surface area contributed by atoms with Gasteiger partial charge in [-0.15, -0.1) is 11.3 Å². The van der Waals surface area contributed by atoms with Crippen LogP contribution in [-0.4, -0.2) is 11.1 Å². The van der Waals surface area contributed by atoms with Crippen LogP contribution in [0.25, 0.3) is 0 Å². The summed E-state index contributed by atoms with van der Waals surface area (Å²) in [6.45, 7) is 4.46. The minimum absolute atomic E-state index is 0.0433. The van der Waals surface area contributed by atoms with Gasteiger partial charge in [0.1, 0.15) is 5.75 Å². The number of halogens is 3. The van der Waals surface area contributed by atoms with Crippen LogP contribution in [0.3, 0.4) is 0 Å².